The first-order valence-corrected chi connectivity index (χ1v) is 20.9. The van der Waals surface area contributed by atoms with Gasteiger partial charge in [0.15, 0.2) is 17.7 Å². The zero-order valence-corrected chi connectivity index (χ0v) is 36.4. The van der Waals surface area contributed by atoms with Crippen LogP contribution in [-0.2, 0) is 44.6 Å². The van der Waals surface area contributed by atoms with E-state index < -0.39 is 89.3 Å². The van der Waals surface area contributed by atoms with E-state index in [1.807, 2.05) is 36.7 Å². The van der Waals surface area contributed by atoms with Gasteiger partial charge in [-0.3, -0.25) is 14.4 Å². The number of methoxy groups -OCH3 is 1. The molecule has 3 saturated heterocycles. The predicted molar refractivity (Wildman–Crippen MR) is 214 cm³/mol. The number of aromatic nitrogens is 3. The number of amides is 1. The van der Waals surface area contributed by atoms with Gasteiger partial charge in [-0.1, -0.05) is 27.7 Å². The smallest absolute Gasteiger partial charge is 0.410 e. The molecular formula is C43H64FN5O10. The van der Waals surface area contributed by atoms with E-state index in [4.69, 9.17) is 23.7 Å². The molecule has 0 radical (unpaired) electrons. The molecule has 2 aromatic heterocycles. The molecule has 1 N–H and O–H groups in total. The molecule has 15 nitrogen and oxygen atoms in total. The fourth-order valence-electron chi connectivity index (χ4n) is 9.44. The summed E-state index contributed by atoms with van der Waals surface area (Å²) in [6.45, 7) is 14.7. The number of nitrogens with zero attached hydrogens (tertiary/aromatic N) is 5. The van der Waals surface area contributed by atoms with Crippen LogP contribution in [0.15, 0.2) is 30.9 Å². The first-order chi connectivity index (χ1) is 27.8. The number of likely N-dealkylation sites (N-methyl/N-ethyl adjacent to an activating group) is 1. The van der Waals surface area contributed by atoms with Crippen LogP contribution in [0.4, 0.5) is 9.18 Å². The number of hydrogen-bond donors (Lipinski definition) is 1. The molecule has 2 aromatic rings. The van der Waals surface area contributed by atoms with Gasteiger partial charge in [-0.25, -0.2) is 14.8 Å². The van der Waals surface area contributed by atoms with Gasteiger partial charge in [-0.05, 0) is 86.0 Å². The van der Waals surface area contributed by atoms with Crippen molar-refractivity contribution in [1.29, 1.82) is 0 Å². The summed E-state index contributed by atoms with van der Waals surface area (Å²) in [7, 11) is 5.21. The van der Waals surface area contributed by atoms with Crippen molar-refractivity contribution in [1.82, 2.24) is 24.3 Å². The van der Waals surface area contributed by atoms with E-state index in [9.17, 15) is 28.7 Å². The number of ketones is 2. The Morgan fingerprint density at radius 2 is 1.69 bits per heavy atom. The predicted octanol–water partition coefficient (Wildman–Crippen LogP) is 5.07. The number of aliphatic hydroxyl groups excluding tert-OH is 1. The lowest BCUT2D eigenvalue weighted by Gasteiger charge is -2.47. The average molecular weight is 830 g/mol. The van der Waals surface area contributed by atoms with Crippen LogP contribution in [-0.4, -0.2) is 135 Å². The van der Waals surface area contributed by atoms with Crippen molar-refractivity contribution in [2.75, 3.05) is 27.7 Å². The second kappa shape index (κ2) is 18.8. The third-order valence-corrected chi connectivity index (χ3v) is 12.9. The summed E-state index contributed by atoms with van der Waals surface area (Å²) in [5, 5.41) is 11.4. The molecular weight excluding hydrogens is 765 g/mol. The minimum absolute atomic E-state index is 0.111. The monoisotopic (exact) mass is 829 g/mol. The first kappa shape index (κ1) is 46.2. The molecule has 1 amide bonds. The SMILES string of the molecule is CC[C@@H]1OC(=O)[C@H](C)C(=O)[C@H](C)C(OC2O[C@H](C)C[C@H](N(C)C)[C@H]2O)[C@@](C)(OC)C[C@@H](C)C(=O)[C@@H](C)[C@H]2N(CCCCn3cnc(-c4ccc(F)nc4)c3)C(=O)O[C@]12C. The summed E-state index contributed by atoms with van der Waals surface area (Å²) in [5.41, 5.74) is -1.38. The lowest BCUT2D eigenvalue weighted by atomic mass is 9.73. The number of Topliss-reactive ketones (excluding diaryl/α,β-unsaturated/α-hetero) is 2. The maximum absolute atomic E-state index is 14.7. The van der Waals surface area contributed by atoms with Crippen LogP contribution < -0.4 is 0 Å². The highest BCUT2D eigenvalue weighted by molar-refractivity contribution is 6.00. The number of imidazole rings is 1. The van der Waals surface area contributed by atoms with E-state index in [2.05, 4.69) is 9.97 Å². The number of rotatable bonds is 11. The third kappa shape index (κ3) is 9.72. The zero-order valence-electron chi connectivity index (χ0n) is 36.4. The molecule has 5 rings (SSSR count). The van der Waals surface area contributed by atoms with Gasteiger partial charge in [-0.15, -0.1) is 0 Å². The normalized spacial score (nSPS) is 36.3. The van der Waals surface area contributed by atoms with E-state index in [0.717, 1.165) is 0 Å². The van der Waals surface area contributed by atoms with Crippen molar-refractivity contribution >= 4 is 23.6 Å². The molecule has 328 valence electrons. The number of carbonyl (C=O) groups excluding carboxylic acids is 4. The molecule has 0 aromatic carbocycles. The van der Waals surface area contributed by atoms with Gasteiger partial charge in [0, 0.05) is 62.0 Å². The van der Waals surface area contributed by atoms with Crippen molar-refractivity contribution in [3.63, 3.8) is 0 Å². The summed E-state index contributed by atoms with van der Waals surface area (Å²) < 4.78 is 46.4. The number of unbranched alkanes of at least 4 members (excludes halogenated alkanes) is 1. The number of cyclic esters (lactones) is 1. The van der Waals surface area contributed by atoms with E-state index in [1.165, 1.54) is 26.3 Å². The van der Waals surface area contributed by atoms with E-state index in [0.29, 0.717) is 37.1 Å². The Bertz CT molecular complexity index is 1790. The van der Waals surface area contributed by atoms with Gasteiger partial charge < -0.3 is 43.2 Å². The molecule has 3 fully saturated rings. The Kier molecular flexibility index (Phi) is 14.8. The number of halogens is 1. The van der Waals surface area contributed by atoms with Gasteiger partial charge >= 0.3 is 12.1 Å². The number of carbonyl (C=O) groups is 4. The molecule has 5 heterocycles. The molecule has 3 aliphatic rings. The molecule has 16 heteroatoms. The maximum atomic E-state index is 14.7. The molecule has 0 bridgehead atoms. The second-order valence-electron chi connectivity index (χ2n) is 17.5. The lowest BCUT2D eigenvalue weighted by Crippen LogP contribution is -2.60. The van der Waals surface area contributed by atoms with Crippen molar-refractivity contribution < 1.29 is 52.4 Å². The van der Waals surface area contributed by atoms with Crippen LogP contribution in [0.3, 0.4) is 0 Å². The summed E-state index contributed by atoms with van der Waals surface area (Å²) in [4.78, 5) is 68.4. The quantitative estimate of drug-likeness (QED) is 0.138. The number of esters is 1. The Morgan fingerprint density at radius 1 is 1.00 bits per heavy atom. The minimum atomic E-state index is -1.43. The molecule has 0 saturated carbocycles. The molecule has 3 aliphatic heterocycles. The number of hydrogen-bond acceptors (Lipinski definition) is 13. The van der Waals surface area contributed by atoms with Crippen LogP contribution in [0.2, 0.25) is 0 Å². The second-order valence-corrected chi connectivity index (χ2v) is 17.5. The molecule has 0 aliphatic carbocycles. The Labute approximate surface area is 347 Å². The number of aliphatic hydroxyl groups is 1. The van der Waals surface area contributed by atoms with Crippen LogP contribution in [0, 0.1) is 29.6 Å². The first-order valence-electron chi connectivity index (χ1n) is 20.9. The molecule has 59 heavy (non-hydrogen) atoms. The fraction of sp³-hybridized carbons (Fsp3) is 0.721. The summed E-state index contributed by atoms with van der Waals surface area (Å²) >= 11 is 0. The molecule has 13 atom stereocenters. The van der Waals surface area contributed by atoms with Gasteiger partial charge in [0.25, 0.3) is 0 Å². The van der Waals surface area contributed by atoms with E-state index >= 15 is 0 Å². The van der Waals surface area contributed by atoms with E-state index in [-0.39, 0.29) is 37.3 Å². The molecule has 2 unspecified atom stereocenters. The highest BCUT2D eigenvalue weighted by Crippen LogP contribution is 2.43. The van der Waals surface area contributed by atoms with Crippen molar-refractivity contribution in [2.45, 2.75) is 148 Å². The summed E-state index contributed by atoms with van der Waals surface area (Å²) in [5.74, 6) is -5.66. The van der Waals surface area contributed by atoms with Gasteiger partial charge in [0.2, 0.25) is 5.95 Å². The number of pyridine rings is 1. The van der Waals surface area contributed by atoms with Crippen molar-refractivity contribution in [3.8, 4) is 11.3 Å². The topological polar surface area (TPSA) is 172 Å². The van der Waals surface area contributed by atoms with Crippen LogP contribution in [0.1, 0.15) is 87.5 Å². The minimum Gasteiger partial charge on any atom is -0.458 e. The lowest BCUT2D eigenvalue weighted by molar-refractivity contribution is -0.295. The average Bonchev–Trinajstić information content (AvgIpc) is 3.77. The largest absolute Gasteiger partial charge is 0.458 e. The van der Waals surface area contributed by atoms with Crippen LogP contribution in [0.25, 0.3) is 11.3 Å². The number of aryl methyl sites for hydroxylation is 1. The zero-order chi connectivity index (χ0) is 43.6. The fourth-order valence-corrected chi connectivity index (χ4v) is 9.44. The number of fused-ring (bicyclic) bond motifs is 1. The third-order valence-electron chi connectivity index (χ3n) is 12.9. The van der Waals surface area contributed by atoms with Gasteiger partial charge in [0.05, 0.1) is 35.9 Å². The van der Waals surface area contributed by atoms with E-state index in [1.54, 1.807) is 58.8 Å². The Balaban J connectivity index is 1.43. The molecule has 0 spiro atoms. The van der Waals surface area contributed by atoms with Crippen LogP contribution >= 0.6 is 0 Å². The highest BCUT2D eigenvalue weighted by atomic mass is 19.1. The Hall–Kier alpha value is -3.83. The van der Waals surface area contributed by atoms with Gasteiger partial charge in [-0.2, -0.15) is 4.39 Å². The highest BCUT2D eigenvalue weighted by Gasteiger charge is 2.60. The Morgan fingerprint density at radius 3 is 2.32 bits per heavy atom. The van der Waals surface area contributed by atoms with Crippen molar-refractivity contribution in [2.24, 2.45) is 23.7 Å². The maximum Gasteiger partial charge on any atom is 0.410 e. The van der Waals surface area contributed by atoms with Crippen LogP contribution in [0.5, 0.6) is 0 Å². The van der Waals surface area contributed by atoms with Gasteiger partial charge in [0.1, 0.15) is 23.9 Å². The summed E-state index contributed by atoms with van der Waals surface area (Å²) in [6.07, 6.45) is 1.93. The summed E-state index contributed by atoms with van der Waals surface area (Å²) in [6, 6.07) is 1.78. The van der Waals surface area contributed by atoms with Crippen molar-refractivity contribution in [3.05, 3.63) is 36.8 Å². The number of ether oxygens (including phenoxy) is 5. The standard InChI is InChI=1S/C43H64FN5O10/c1-12-32-43(8)37(49(41(54)59-43)18-14-13-17-48-22-30(46-23-48)29-15-16-33(44)45-21-29)26(4)34(50)24(2)20-42(7,55-11)38(27(5)35(51)28(6)39(53)57-32)58-40-36(52)31(47(9)10)19-25(3)56-40/h15-16,21-28,31-32,36-38,40,52H,12-14,17-20H2,1-11H3/t24-,25-,26-,27+,28-,31+,32+,36-,37-,38?,40?,42+,43-/m1/s1.